The number of hydrogen-bond acceptors (Lipinski definition) is 5. The molecule has 29 heavy (non-hydrogen) atoms. The van der Waals surface area contributed by atoms with Crippen molar-refractivity contribution in [2.75, 3.05) is 18.1 Å². The van der Waals surface area contributed by atoms with E-state index in [4.69, 9.17) is 9.15 Å². The maximum absolute atomic E-state index is 12.6. The summed E-state index contributed by atoms with van der Waals surface area (Å²) in [5, 5.41) is 2.94. The molecule has 2 amide bonds. The van der Waals surface area contributed by atoms with Gasteiger partial charge in [0.2, 0.25) is 11.8 Å². The molecule has 0 radical (unpaired) electrons. The number of anilines is 1. The lowest BCUT2D eigenvalue weighted by atomic mass is 10.1. The van der Waals surface area contributed by atoms with Gasteiger partial charge in [-0.3, -0.25) is 9.59 Å². The number of hydrogen-bond donors (Lipinski definition) is 1. The van der Waals surface area contributed by atoms with Crippen molar-refractivity contribution < 1.29 is 18.7 Å². The summed E-state index contributed by atoms with van der Waals surface area (Å²) in [7, 11) is 0. The van der Waals surface area contributed by atoms with Gasteiger partial charge in [0.1, 0.15) is 11.3 Å². The predicted octanol–water partition coefficient (Wildman–Crippen LogP) is 3.20. The van der Waals surface area contributed by atoms with Gasteiger partial charge in [-0.1, -0.05) is 12.1 Å². The first-order chi connectivity index (χ1) is 14.0. The number of fused-ring (bicyclic) bond motifs is 1. The molecule has 0 spiro atoms. The minimum atomic E-state index is -0.382. The number of aromatic nitrogens is 1. The van der Waals surface area contributed by atoms with Gasteiger partial charge in [0.15, 0.2) is 11.5 Å². The molecule has 7 nitrogen and oxygen atoms in total. The van der Waals surface area contributed by atoms with E-state index >= 15 is 0 Å². The topological polar surface area (TPSA) is 84.7 Å². The van der Waals surface area contributed by atoms with Gasteiger partial charge in [-0.15, -0.1) is 0 Å². The Morgan fingerprint density at radius 2 is 2.17 bits per heavy atom. The summed E-state index contributed by atoms with van der Waals surface area (Å²) in [4.78, 5) is 31.1. The van der Waals surface area contributed by atoms with Gasteiger partial charge in [0.05, 0.1) is 12.5 Å². The number of benzene rings is 2. The molecule has 1 aliphatic rings. The van der Waals surface area contributed by atoms with Crippen molar-refractivity contribution in [3.63, 3.8) is 0 Å². The number of ether oxygens (including phenoxy) is 1. The number of amides is 2. The minimum absolute atomic E-state index is 0.0666. The van der Waals surface area contributed by atoms with Crippen LogP contribution in [0.15, 0.2) is 46.9 Å². The van der Waals surface area contributed by atoms with Crippen LogP contribution in [0.2, 0.25) is 0 Å². The van der Waals surface area contributed by atoms with E-state index < -0.39 is 0 Å². The molecule has 1 N–H and O–H groups in total. The van der Waals surface area contributed by atoms with E-state index in [2.05, 4.69) is 10.3 Å². The fourth-order valence-corrected chi connectivity index (χ4v) is 3.58. The van der Waals surface area contributed by atoms with Crippen LogP contribution in [-0.4, -0.2) is 29.9 Å². The minimum Gasteiger partial charge on any atom is -0.494 e. The zero-order valence-corrected chi connectivity index (χ0v) is 16.5. The van der Waals surface area contributed by atoms with Gasteiger partial charge >= 0.3 is 0 Å². The highest BCUT2D eigenvalue weighted by Gasteiger charge is 2.35. The van der Waals surface area contributed by atoms with Crippen LogP contribution in [0.25, 0.3) is 11.1 Å². The summed E-state index contributed by atoms with van der Waals surface area (Å²) in [5.74, 6) is 0.784. The van der Waals surface area contributed by atoms with E-state index in [-0.39, 0.29) is 24.2 Å². The van der Waals surface area contributed by atoms with Crippen molar-refractivity contribution >= 4 is 28.6 Å². The molecule has 2 aromatic carbocycles. The summed E-state index contributed by atoms with van der Waals surface area (Å²) in [6.07, 6.45) is 0.195. The Bertz CT molecular complexity index is 1060. The lowest BCUT2D eigenvalue weighted by molar-refractivity contribution is -0.126. The van der Waals surface area contributed by atoms with Gasteiger partial charge < -0.3 is 19.4 Å². The molecule has 1 fully saturated rings. The maximum Gasteiger partial charge on any atom is 0.227 e. The highest BCUT2D eigenvalue weighted by molar-refractivity contribution is 6.01. The number of nitrogens with one attached hydrogen (secondary N) is 1. The molecule has 1 saturated heterocycles. The molecular formula is C22H23N3O4. The Labute approximate surface area is 168 Å². The fraction of sp³-hybridized carbons (Fsp3) is 0.318. The lowest BCUT2D eigenvalue weighted by Gasteiger charge is -2.16. The molecule has 0 aliphatic carbocycles. The molecule has 1 aromatic heterocycles. The molecule has 0 bridgehead atoms. The van der Waals surface area contributed by atoms with Gasteiger partial charge in [-0.25, -0.2) is 4.98 Å². The van der Waals surface area contributed by atoms with Gasteiger partial charge in [0, 0.05) is 32.1 Å². The smallest absolute Gasteiger partial charge is 0.227 e. The van der Waals surface area contributed by atoms with E-state index in [1.54, 1.807) is 17.9 Å². The second-order valence-electron chi connectivity index (χ2n) is 7.09. The predicted molar refractivity (Wildman–Crippen MR) is 109 cm³/mol. The van der Waals surface area contributed by atoms with Crippen molar-refractivity contribution in [3.05, 3.63) is 53.9 Å². The maximum atomic E-state index is 12.6. The second-order valence-corrected chi connectivity index (χ2v) is 7.09. The average Bonchev–Trinajstić information content (AvgIpc) is 3.27. The number of nitrogens with zero attached hydrogens (tertiary/aromatic N) is 2. The molecule has 1 unspecified atom stereocenters. The van der Waals surface area contributed by atoms with Gasteiger partial charge in [-0.2, -0.15) is 0 Å². The van der Waals surface area contributed by atoms with Crippen molar-refractivity contribution in [1.29, 1.82) is 0 Å². The van der Waals surface area contributed by atoms with Gasteiger partial charge in [-0.05, 0) is 42.8 Å². The monoisotopic (exact) mass is 393 g/mol. The highest BCUT2D eigenvalue weighted by atomic mass is 16.5. The molecule has 1 aliphatic heterocycles. The number of aryl methyl sites for hydroxylation is 1. The van der Waals surface area contributed by atoms with Crippen LogP contribution < -0.4 is 15.0 Å². The number of carbonyl (C=O) groups excluding carboxylic acids is 2. The van der Waals surface area contributed by atoms with E-state index in [0.29, 0.717) is 36.7 Å². The third-order valence-corrected chi connectivity index (χ3v) is 4.96. The summed E-state index contributed by atoms with van der Waals surface area (Å²) in [6, 6.07) is 13.1. The quantitative estimate of drug-likeness (QED) is 0.695. The van der Waals surface area contributed by atoms with Crippen LogP contribution in [0.1, 0.15) is 24.8 Å². The number of carbonyl (C=O) groups is 2. The molecule has 4 rings (SSSR count). The van der Waals surface area contributed by atoms with Crippen LogP contribution in [0.3, 0.4) is 0 Å². The molecule has 0 saturated carbocycles. The summed E-state index contributed by atoms with van der Waals surface area (Å²) in [5.41, 5.74) is 3.07. The summed E-state index contributed by atoms with van der Waals surface area (Å²) < 4.78 is 11.0. The first kappa shape index (κ1) is 19.0. The van der Waals surface area contributed by atoms with Gasteiger partial charge in [0.25, 0.3) is 0 Å². The second kappa shape index (κ2) is 7.95. The Morgan fingerprint density at radius 3 is 3.00 bits per heavy atom. The third kappa shape index (κ3) is 4.08. The van der Waals surface area contributed by atoms with Crippen LogP contribution in [0.5, 0.6) is 5.75 Å². The van der Waals surface area contributed by atoms with Crippen LogP contribution >= 0.6 is 0 Å². The van der Waals surface area contributed by atoms with Crippen LogP contribution in [0, 0.1) is 12.8 Å². The zero-order chi connectivity index (χ0) is 20.4. The Hall–Kier alpha value is -3.35. The summed E-state index contributed by atoms with van der Waals surface area (Å²) >= 11 is 0. The standard InChI is InChI=1S/C22H23N3O4/c1-3-28-18-6-4-5-15(9-18)12-23-22(27)16-10-21(26)25(13-16)17-7-8-20-19(11-17)24-14(2)29-20/h4-9,11,16H,3,10,12-13H2,1-2H3,(H,23,27). The molecule has 3 aromatic rings. The first-order valence-corrected chi connectivity index (χ1v) is 9.70. The largest absolute Gasteiger partial charge is 0.494 e. The third-order valence-electron chi connectivity index (χ3n) is 4.96. The van der Waals surface area contributed by atoms with Crippen LogP contribution in [-0.2, 0) is 16.1 Å². The normalized spacial score (nSPS) is 16.4. The Balaban J connectivity index is 1.40. The Kier molecular flexibility index (Phi) is 5.20. The number of oxazole rings is 1. The van der Waals surface area contributed by atoms with Crippen molar-refractivity contribution in [3.8, 4) is 5.75 Å². The molecule has 1 atom stereocenters. The molecule has 150 valence electrons. The van der Waals surface area contributed by atoms with E-state index in [1.807, 2.05) is 43.3 Å². The number of rotatable bonds is 6. The molecular weight excluding hydrogens is 370 g/mol. The SMILES string of the molecule is CCOc1cccc(CNC(=O)C2CC(=O)N(c3ccc4oc(C)nc4c3)C2)c1. The zero-order valence-electron chi connectivity index (χ0n) is 16.5. The fourth-order valence-electron chi connectivity index (χ4n) is 3.58. The van der Waals surface area contributed by atoms with Crippen molar-refractivity contribution in [2.24, 2.45) is 5.92 Å². The van der Waals surface area contributed by atoms with Crippen molar-refractivity contribution in [2.45, 2.75) is 26.8 Å². The summed E-state index contributed by atoms with van der Waals surface area (Å²) in [6.45, 7) is 5.06. The van der Waals surface area contributed by atoms with E-state index in [0.717, 1.165) is 17.0 Å². The molecule has 2 heterocycles. The van der Waals surface area contributed by atoms with Crippen molar-refractivity contribution in [1.82, 2.24) is 10.3 Å². The molecule has 7 heteroatoms. The highest BCUT2D eigenvalue weighted by Crippen LogP contribution is 2.28. The average molecular weight is 393 g/mol. The van der Waals surface area contributed by atoms with Crippen LogP contribution in [0.4, 0.5) is 5.69 Å². The first-order valence-electron chi connectivity index (χ1n) is 9.70. The Morgan fingerprint density at radius 1 is 1.31 bits per heavy atom. The van der Waals surface area contributed by atoms with E-state index in [1.165, 1.54) is 0 Å². The lowest BCUT2D eigenvalue weighted by Crippen LogP contribution is -2.32. The van der Waals surface area contributed by atoms with E-state index in [9.17, 15) is 9.59 Å².